The first-order chi connectivity index (χ1) is 21.1. The number of likely N-dealkylation sites (N-methyl/N-ethyl adjacent to an activating group) is 2. The number of nitrogens with zero attached hydrogens (tertiary/aromatic N) is 2. The van der Waals surface area contributed by atoms with Crippen LogP contribution in [0.1, 0.15) is 46.5 Å². The van der Waals surface area contributed by atoms with Crippen molar-refractivity contribution >= 4 is 75.5 Å². The zero-order chi connectivity index (χ0) is 31.4. The lowest BCUT2D eigenvalue weighted by atomic mass is 9.93. The summed E-state index contributed by atoms with van der Waals surface area (Å²) in [6.45, 7) is 0.231. The first-order valence-corrected chi connectivity index (χ1v) is 17.1. The fraction of sp³-hybridized carbons (Fsp3) is 0.235. The maximum absolute atomic E-state index is 12.1. The van der Waals surface area contributed by atoms with Gasteiger partial charge in [0.05, 0.1) is 12.1 Å². The van der Waals surface area contributed by atoms with Crippen molar-refractivity contribution in [3.8, 4) is 0 Å². The Labute approximate surface area is 291 Å². The van der Waals surface area contributed by atoms with Crippen LogP contribution in [0, 0.1) is 0 Å². The van der Waals surface area contributed by atoms with Crippen molar-refractivity contribution in [3.05, 3.63) is 137 Å². The number of carbonyl (C=O) groups excluding carboxylic acids is 2. The van der Waals surface area contributed by atoms with Gasteiger partial charge in [0.1, 0.15) is 25.4 Å². The van der Waals surface area contributed by atoms with Crippen LogP contribution in [0.2, 0.25) is 0 Å². The van der Waals surface area contributed by atoms with Crippen LogP contribution < -0.4 is 0 Å². The van der Waals surface area contributed by atoms with Gasteiger partial charge in [0.15, 0.2) is 0 Å². The molecule has 4 atom stereocenters. The molecule has 4 aromatic rings. The van der Waals surface area contributed by atoms with Crippen LogP contribution in [0.5, 0.6) is 0 Å². The van der Waals surface area contributed by atoms with Gasteiger partial charge < -0.3 is 19.3 Å². The molecule has 0 aromatic heterocycles. The molecule has 2 heterocycles. The van der Waals surface area contributed by atoms with Crippen molar-refractivity contribution in [3.63, 3.8) is 0 Å². The van der Waals surface area contributed by atoms with Crippen LogP contribution in [0.15, 0.2) is 115 Å². The molecule has 2 amide bonds. The molecule has 0 radical (unpaired) electrons. The summed E-state index contributed by atoms with van der Waals surface area (Å²) < 4.78 is 15.8. The Bertz CT molecular complexity index is 1460. The summed E-state index contributed by atoms with van der Waals surface area (Å²) in [6, 6.07) is 31.9. The molecule has 2 fully saturated rings. The summed E-state index contributed by atoms with van der Waals surface area (Å²) in [5, 5.41) is 0. The van der Waals surface area contributed by atoms with E-state index in [0.717, 1.165) is 40.1 Å². The summed E-state index contributed by atoms with van der Waals surface area (Å²) >= 11 is 13.8. The first-order valence-electron chi connectivity index (χ1n) is 13.9. The molecule has 44 heavy (non-hydrogen) atoms. The average Bonchev–Trinajstić information content (AvgIpc) is 3.02. The van der Waals surface area contributed by atoms with Crippen molar-refractivity contribution in [1.82, 2.24) is 9.80 Å². The van der Waals surface area contributed by atoms with E-state index >= 15 is 0 Å². The average molecular weight is 850 g/mol. The molecule has 2 aliphatic heterocycles. The van der Waals surface area contributed by atoms with E-state index in [4.69, 9.17) is 9.47 Å². The lowest BCUT2D eigenvalue weighted by Gasteiger charge is -2.39. The predicted octanol–water partition coefficient (Wildman–Crippen LogP) is 8.97. The van der Waals surface area contributed by atoms with E-state index < -0.39 is 0 Å². The quantitative estimate of drug-likeness (QED) is 0.206. The highest BCUT2D eigenvalue weighted by Gasteiger charge is 2.37. The SMILES string of the molecule is CN1C(=O)CO[C@@H](c2ccc(Br)cc2)[C@H]1c1ccc(Br)cc1.CN1C(=O)CO[C@H](c2ccc(Br)cc2)[C@@H]1c1ccc(Br)cc1. The molecule has 2 aliphatic rings. The maximum Gasteiger partial charge on any atom is 0.248 e. The summed E-state index contributed by atoms with van der Waals surface area (Å²) in [7, 11) is 3.67. The largest absolute Gasteiger partial charge is 0.361 e. The molecule has 0 spiro atoms. The lowest BCUT2D eigenvalue weighted by Crippen LogP contribution is -2.43. The third-order valence-electron chi connectivity index (χ3n) is 7.79. The van der Waals surface area contributed by atoms with Gasteiger partial charge in [-0.2, -0.15) is 0 Å². The zero-order valence-electron chi connectivity index (χ0n) is 24.0. The molecular weight excluding hydrogens is 820 g/mol. The topological polar surface area (TPSA) is 59.1 Å². The Kier molecular flexibility index (Phi) is 11.1. The normalized spacial score (nSPS) is 22.0. The number of carbonyl (C=O) groups is 2. The molecule has 6 rings (SSSR count). The van der Waals surface area contributed by atoms with Crippen LogP contribution in [-0.2, 0) is 19.1 Å². The fourth-order valence-electron chi connectivity index (χ4n) is 5.40. The molecule has 6 nitrogen and oxygen atoms in total. The predicted molar refractivity (Wildman–Crippen MR) is 185 cm³/mol. The highest BCUT2D eigenvalue weighted by atomic mass is 79.9. The van der Waals surface area contributed by atoms with Gasteiger partial charge in [-0.3, -0.25) is 9.59 Å². The highest BCUT2D eigenvalue weighted by Crippen LogP contribution is 2.41. The van der Waals surface area contributed by atoms with E-state index in [1.165, 1.54) is 0 Å². The van der Waals surface area contributed by atoms with E-state index in [1.807, 2.05) is 111 Å². The number of benzene rings is 4. The van der Waals surface area contributed by atoms with E-state index in [0.29, 0.717) is 0 Å². The Morgan fingerprint density at radius 1 is 0.477 bits per heavy atom. The highest BCUT2D eigenvalue weighted by molar-refractivity contribution is 9.11. The van der Waals surface area contributed by atoms with Crippen molar-refractivity contribution < 1.29 is 19.1 Å². The number of morpholine rings is 2. The van der Waals surface area contributed by atoms with Crippen LogP contribution in [-0.4, -0.2) is 48.9 Å². The summed E-state index contributed by atoms with van der Waals surface area (Å²) in [4.78, 5) is 27.7. The zero-order valence-corrected chi connectivity index (χ0v) is 30.3. The van der Waals surface area contributed by atoms with Gasteiger partial charge in [-0.05, 0) is 70.8 Å². The molecule has 0 saturated carbocycles. The van der Waals surface area contributed by atoms with Gasteiger partial charge in [-0.15, -0.1) is 0 Å². The fourth-order valence-corrected chi connectivity index (χ4v) is 6.46. The van der Waals surface area contributed by atoms with Crippen LogP contribution in [0.25, 0.3) is 0 Å². The minimum atomic E-state index is -0.169. The van der Waals surface area contributed by atoms with Crippen LogP contribution >= 0.6 is 63.7 Å². The van der Waals surface area contributed by atoms with E-state index in [-0.39, 0.29) is 49.3 Å². The van der Waals surface area contributed by atoms with E-state index in [1.54, 1.807) is 9.80 Å². The second-order valence-electron chi connectivity index (χ2n) is 10.6. The molecule has 2 saturated heterocycles. The van der Waals surface area contributed by atoms with Gasteiger partial charge in [0.2, 0.25) is 11.8 Å². The van der Waals surface area contributed by atoms with Gasteiger partial charge in [-0.1, -0.05) is 112 Å². The second kappa shape index (κ2) is 14.8. The maximum atomic E-state index is 12.1. The van der Waals surface area contributed by atoms with Crippen molar-refractivity contribution in [2.45, 2.75) is 24.3 Å². The molecule has 0 bridgehead atoms. The monoisotopic (exact) mass is 846 g/mol. The molecular formula is C34H30Br4N2O4. The Balaban J connectivity index is 0.000000175. The minimum Gasteiger partial charge on any atom is -0.361 e. The Morgan fingerprint density at radius 2 is 0.727 bits per heavy atom. The summed E-state index contributed by atoms with van der Waals surface area (Å²) in [5.41, 5.74) is 4.25. The molecule has 0 unspecified atom stereocenters. The Hall–Kier alpha value is -2.34. The van der Waals surface area contributed by atoms with Gasteiger partial charge in [0.25, 0.3) is 0 Å². The van der Waals surface area contributed by atoms with Crippen LogP contribution in [0.4, 0.5) is 0 Å². The van der Waals surface area contributed by atoms with Gasteiger partial charge in [0, 0.05) is 32.0 Å². The van der Waals surface area contributed by atoms with Gasteiger partial charge in [-0.25, -0.2) is 0 Å². The lowest BCUT2D eigenvalue weighted by molar-refractivity contribution is -0.156. The van der Waals surface area contributed by atoms with Crippen molar-refractivity contribution in [2.24, 2.45) is 0 Å². The second-order valence-corrected chi connectivity index (χ2v) is 14.2. The molecule has 0 aliphatic carbocycles. The van der Waals surface area contributed by atoms with Gasteiger partial charge >= 0.3 is 0 Å². The smallest absolute Gasteiger partial charge is 0.248 e. The number of rotatable bonds is 4. The molecule has 10 heteroatoms. The molecule has 4 aromatic carbocycles. The first kappa shape index (κ1) is 33.0. The number of ether oxygens (including phenoxy) is 2. The van der Waals surface area contributed by atoms with E-state index in [2.05, 4.69) is 63.7 Å². The third-order valence-corrected chi connectivity index (χ3v) is 9.90. The third kappa shape index (κ3) is 7.71. The molecule has 228 valence electrons. The molecule has 0 N–H and O–H groups in total. The van der Waals surface area contributed by atoms with Crippen LogP contribution in [0.3, 0.4) is 0 Å². The number of amides is 2. The van der Waals surface area contributed by atoms with Crippen molar-refractivity contribution in [1.29, 1.82) is 0 Å². The van der Waals surface area contributed by atoms with Crippen molar-refractivity contribution in [2.75, 3.05) is 27.3 Å². The minimum absolute atomic E-state index is 0.00119. The standard InChI is InChI=1S/2C17H15Br2NO2/c2*1-20-15(21)10-22-17(12-4-8-14(19)9-5-12)16(20)11-2-6-13(18)7-3-11/h2*2-9,16-17H,10H2,1H3/t2*16-,17+/m10/s1. The number of hydrogen-bond acceptors (Lipinski definition) is 4. The Morgan fingerprint density at radius 3 is 1.00 bits per heavy atom. The number of halogens is 4. The van der Waals surface area contributed by atoms with E-state index in [9.17, 15) is 9.59 Å². The summed E-state index contributed by atoms with van der Waals surface area (Å²) in [5.74, 6) is 0.00237. The summed E-state index contributed by atoms with van der Waals surface area (Å²) in [6.07, 6.45) is -0.339. The number of hydrogen-bond donors (Lipinski definition) is 0.